The van der Waals surface area contributed by atoms with E-state index in [0.717, 1.165) is 12.8 Å². The highest BCUT2D eigenvalue weighted by molar-refractivity contribution is 5.92. The van der Waals surface area contributed by atoms with Crippen molar-refractivity contribution in [2.45, 2.75) is 39.2 Å². The zero-order chi connectivity index (χ0) is 14.7. The van der Waals surface area contributed by atoms with Crippen LogP contribution in [0.2, 0.25) is 0 Å². The summed E-state index contributed by atoms with van der Waals surface area (Å²) in [5.74, 6) is 1.05. The molecule has 2 atom stereocenters. The Kier molecular flexibility index (Phi) is 4.53. The molecule has 1 aromatic carbocycles. The van der Waals surface area contributed by atoms with Crippen molar-refractivity contribution in [1.82, 2.24) is 0 Å². The highest BCUT2D eigenvalue weighted by Crippen LogP contribution is 2.36. The molecule has 1 aromatic rings. The summed E-state index contributed by atoms with van der Waals surface area (Å²) in [7, 11) is 1.53. The summed E-state index contributed by atoms with van der Waals surface area (Å²) in [6.07, 6.45) is 3.18. The van der Waals surface area contributed by atoms with Crippen LogP contribution < -0.4 is 9.47 Å². The fraction of sp³-hybridized carbons (Fsp3) is 0.562. The monoisotopic (exact) mass is 278 g/mol. The van der Waals surface area contributed by atoms with Gasteiger partial charge in [-0.25, -0.2) is 4.79 Å². The molecule has 0 aliphatic heterocycles. The number of carboxylic acid groups (broad SMARTS) is 1. The maximum Gasteiger partial charge on any atom is 0.339 e. The second-order valence-corrected chi connectivity index (χ2v) is 5.80. The van der Waals surface area contributed by atoms with Gasteiger partial charge in [0.2, 0.25) is 0 Å². The number of ether oxygens (including phenoxy) is 2. The van der Waals surface area contributed by atoms with E-state index in [9.17, 15) is 9.90 Å². The summed E-state index contributed by atoms with van der Waals surface area (Å²) in [4.78, 5) is 11.3. The first-order valence-corrected chi connectivity index (χ1v) is 7.08. The average Bonchev–Trinajstić information content (AvgIpc) is 2.37. The van der Waals surface area contributed by atoms with Gasteiger partial charge in [-0.1, -0.05) is 19.9 Å². The topological polar surface area (TPSA) is 55.8 Å². The van der Waals surface area contributed by atoms with Crippen LogP contribution in [0.1, 0.15) is 43.5 Å². The molecule has 4 nitrogen and oxygen atoms in total. The molecule has 4 heteroatoms. The minimum absolute atomic E-state index is 0.0585. The molecule has 1 N–H and O–H groups in total. The molecular formula is C16H22O4. The fourth-order valence-corrected chi connectivity index (χ4v) is 3.10. The Morgan fingerprint density at radius 2 is 1.85 bits per heavy atom. The SMILES string of the molecule is COc1cccc(C(=O)O)c1OC1CC(C)CC(C)C1. The lowest BCUT2D eigenvalue weighted by molar-refractivity contribution is 0.0672. The number of hydrogen-bond acceptors (Lipinski definition) is 3. The van der Waals surface area contributed by atoms with Gasteiger partial charge in [0.05, 0.1) is 13.2 Å². The van der Waals surface area contributed by atoms with E-state index in [2.05, 4.69) is 13.8 Å². The van der Waals surface area contributed by atoms with Crippen molar-refractivity contribution < 1.29 is 19.4 Å². The third-order valence-electron chi connectivity index (χ3n) is 3.85. The minimum atomic E-state index is -0.990. The van der Waals surface area contributed by atoms with Crippen LogP contribution in [-0.4, -0.2) is 24.3 Å². The van der Waals surface area contributed by atoms with Gasteiger partial charge in [0.15, 0.2) is 11.5 Å². The lowest BCUT2D eigenvalue weighted by atomic mass is 9.82. The van der Waals surface area contributed by atoms with Crippen LogP contribution in [0.15, 0.2) is 18.2 Å². The summed E-state index contributed by atoms with van der Waals surface area (Å²) in [6, 6.07) is 4.95. The molecule has 20 heavy (non-hydrogen) atoms. The lowest BCUT2D eigenvalue weighted by Gasteiger charge is -2.32. The molecular weight excluding hydrogens is 256 g/mol. The van der Waals surface area contributed by atoms with Crippen molar-refractivity contribution in [2.75, 3.05) is 7.11 Å². The maximum absolute atomic E-state index is 11.3. The van der Waals surface area contributed by atoms with E-state index in [-0.39, 0.29) is 11.7 Å². The summed E-state index contributed by atoms with van der Waals surface area (Å²) >= 11 is 0. The van der Waals surface area contributed by atoms with Crippen molar-refractivity contribution >= 4 is 5.97 Å². The normalized spacial score (nSPS) is 26.1. The quantitative estimate of drug-likeness (QED) is 0.914. The Labute approximate surface area is 119 Å². The van der Waals surface area contributed by atoms with Crippen LogP contribution in [0.4, 0.5) is 0 Å². The van der Waals surface area contributed by atoms with E-state index >= 15 is 0 Å². The van der Waals surface area contributed by atoms with Gasteiger partial charge in [0, 0.05) is 0 Å². The lowest BCUT2D eigenvalue weighted by Crippen LogP contribution is -2.29. The average molecular weight is 278 g/mol. The Morgan fingerprint density at radius 1 is 1.20 bits per heavy atom. The third-order valence-corrected chi connectivity index (χ3v) is 3.85. The molecule has 0 amide bonds. The van der Waals surface area contributed by atoms with Gasteiger partial charge in [-0.15, -0.1) is 0 Å². The molecule has 1 aliphatic rings. The van der Waals surface area contributed by atoms with Crippen LogP contribution in [0, 0.1) is 11.8 Å². The van der Waals surface area contributed by atoms with Gasteiger partial charge in [-0.05, 0) is 43.2 Å². The number of methoxy groups -OCH3 is 1. The molecule has 0 saturated heterocycles. The Hall–Kier alpha value is -1.71. The second-order valence-electron chi connectivity index (χ2n) is 5.80. The van der Waals surface area contributed by atoms with Crippen LogP contribution in [0.5, 0.6) is 11.5 Å². The van der Waals surface area contributed by atoms with Crippen molar-refractivity contribution in [3.05, 3.63) is 23.8 Å². The van der Waals surface area contributed by atoms with Gasteiger partial charge in [0.1, 0.15) is 5.56 Å². The van der Waals surface area contributed by atoms with E-state index in [0.29, 0.717) is 23.3 Å². The number of carbonyl (C=O) groups is 1. The van der Waals surface area contributed by atoms with Crippen LogP contribution in [0.25, 0.3) is 0 Å². The third kappa shape index (κ3) is 3.24. The van der Waals surface area contributed by atoms with E-state index in [1.165, 1.54) is 13.5 Å². The first kappa shape index (κ1) is 14.7. The Bertz CT molecular complexity index is 473. The number of aromatic carboxylic acids is 1. The predicted molar refractivity (Wildman–Crippen MR) is 76.5 cm³/mol. The molecule has 0 bridgehead atoms. The van der Waals surface area contributed by atoms with Crippen LogP contribution >= 0.6 is 0 Å². The zero-order valence-corrected chi connectivity index (χ0v) is 12.3. The zero-order valence-electron chi connectivity index (χ0n) is 12.3. The van der Waals surface area contributed by atoms with Gasteiger partial charge in [0.25, 0.3) is 0 Å². The van der Waals surface area contributed by atoms with E-state index in [4.69, 9.17) is 9.47 Å². The molecule has 2 rings (SSSR count). The standard InChI is InChI=1S/C16H22O4/c1-10-7-11(2)9-12(8-10)20-15-13(16(17)18)5-4-6-14(15)19-3/h4-6,10-12H,7-9H2,1-3H3,(H,17,18). The van der Waals surface area contributed by atoms with Gasteiger partial charge in [-0.2, -0.15) is 0 Å². The minimum Gasteiger partial charge on any atom is -0.493 e. The molecule has 1 fully saturated rings. The number of carboxylic acids is 1. The van der Waals surface area contributed by atoms with Crippen molar-refractivity contribution in [3.63, 3.8) is 0 Å². The molecule has 0 heterocycles. The first-order valence-electron chi connectivity index (χ1n) is 7.08. The van der Waals surface area contributed by atoms with Crippen LogP contribution in [0.3, 0.4) is 0 Å². The highest BCUT2D eigenvalue weighted by Gasteiger charge is 2.27. The van der Waals surface area contributed by atoms with Gasteiger partial charge >= 0.3 is 5.97 Å². The van der Waals surface area contributed by atoms with Gasteiger partial charge < -0.3 is 14.6 Å². The summed E-state index contributed by atoms with van der Waals surface area (Å²) in [5.41, 5.74) is 0.162. The smallest absolute Gasteiger partial charge is 0.339 e. The molecule has 110 valence electrons. The van der Waals surface area contributed by atoms with E-state index in [1.54, 1.807) is 18.2 Å². The Morgan fingerprint density at radius 3 is 2.40 bits per heavy atom. The predicted octanol–water partition coefficient (Wildman–Crippen LogP) is 3.60. The molecule has 0 radical (unpaired) electrons. The fourth-order valence-electron chi connectivity index (χ4n) is 3.10. The number of para-hydroxylation sites is 1. The van der Waals surface area contributed by atoms with Crippen molar-refractivity contribution in [1.29, 1.82) is 0 Å². The number of hydrogen-bond donors (Lipinski definition) is 1. The summed E-state index contributed by atoms with van der Waals surface area (Å²) in [5, 5.41) is 9.28. The van der Waals surface area contributed by atoms with Crippen LogP contribution in [-0.2, 0) is 0 Å². The summed E-state index contributed by atoms with van der Waals surface area (Å²) < 4.78 is 11.2. The number of benzene rings is 1. The molecule has 0 aromatic heterocycles. The Balaban J connectivity index is 2.25. The number of rotatable bonds is 4. The molecule has 2 unspecified atom stereocenters. The van der Waals surface area contributed by atoms with E-state index in [1.807, 2.05) is 0 Å². The van der Waals surface area contributed by atoms with Gasteiger partial charge in [-0.3, -0.25) is 0 Å². The largest absolute Gasteiger partial charge is 0.493 e. The van der Waals surface area contributed by atoms with E-state index < -0.39 is 5.97 Å². The first-order chi connectivity index (χ1) is 9.51. The molecule has 1 aliphatic carbocycles. The highest BCUT2D eigenvalue weighted by atomic mass is 16.5. The van der Waals surface area contributed by atoms with Crippen molar-refractivity contribution in [2.24, 2.45) is 11.8 Å². The molecule has 0 spiro atoms. The maximum atomic E-state index is 11.3. The van der Waals surface area contributed by atoms with Crippen molar-refractivity contribution in [3.8, 4) is 11.5 Å². The second kappa shape index (κ2) is 6.16. The molecule has 1 saturated carbocycles. The summed E-state index contributed by atoms with van der Waals surface area (Å²) in [6.45, 7) is 4.43.